The molecule has 0 radical (unpaired) electrons. The molecule has 3 aromatic rings. The molecule has 0 spiro atoms. The van der Waals surface area contributed by atoms with Gasteiger partial charge < -0.3 is 5.32 Å². The van der Waals surface area contributed by atoms with Gasteiger partial charge in [0.1, 0.15) is 6.33 Å². The summed E-state index contributed by atoms with van der Waals surface area (Å²) in [6.07, 6.45) is 3.12. The molecule has 1 aromatic carbocycles. The van der Waals surface area contributed by atoms with Crippen LogP contribution in [0.15, 0.2) is 48.0 Å². The van der Waals surface area contributed by atoms with Crippen molar-refractivity contribution in [3.05, 3.63) is 42.9 Å². The second kappa shape index (κ2) is 5.70. The van der Waals surface area contributed by atoms with Gasteiger partial charge in [0.15, 0.2) is 5.16 Å². The van der Waals surface area contributed by atoms with E-state index < -0.39 is 0 Å². The first-order chi connectivity index (χ1) is 9.83. The standard InChI is InChI=1S/C13H11N5OS/c19-11(7-20-13-15-8-16-18-13)17-10-5-1-3-9-4-2-6-14-12(9)10/h1-6,8H,7H2,(H,17,19)(H,15,16,18). The summed E-state index contributed by atoms with van der Waals surface area (Å²) in [5, 5.41) is 10.9. The molecular formula is C13H11N5OS. The maximum absolute atomic E-state index is 11.9. The molecule has 0 atom stereocenters. The normalized spacial score (nSPS) is 10.6. The smallest absolute Gasteiger partial charge is 0.234 e. The number of hydrogen-bond acceptors (Lipinski definition) is 5. The Morgan fingerprint density at radius 2 is 2.15 bits per heavy atom. The van der Waals surface area contributed by atoms with Crippen molar-refractivity contribution in [3.8, 4) is 0 Å². The van der Waals surface area contributed by atoms with Crippen molar-refractivity contribution in [3.63, 3.8) is 0 Å². The van der Waals surface area contributed by atoms with Crippen molar-refractivity contribution in [2.45, 2.75) is 5.16 Å². The van der Waals surface area contributed by atoms with Crippen molar-refractivity contribution in [2.24, 2.45) is 0 Å². The molecule has 0 aliphatic carbocycles. The van der Waals surface area contributed by atoms with Gasteiger partial charge in [0.2, 0.25) is 5.91 Å². The van der Waals surface area contributed by atoms with Crippen LogP contribution in [0, 0.1) is 0 Å². The van der Waals surface area contributed by atoms with Crippen molar-refractivity contribution < 1.29 is 4.79 Å². The summed E-state index contributed by atoms with van der Waals surface area (Å²) in [5.41, 5.74) is 1.50. The second-order valence-corrected chi connectivity index (χ2v) is 4.97. The molecule has 2 N–H and O–H groups in total. The Labute approximate surface area is 119 Å². The van der Waals surface area contributed by atoms with Crippen LogP contribution in [0.2, 0.25) is 0 Å². The number of nitrogens with zero attached hydrogens (tertiary/aromatic N) is 3. The van der Waals surface area contributed by atoms with Crippen LogP contribution >= 0.6 is 11.8 Å². The first-order valence-corrected chi connectivity index (χ1v) is 6.93. The third-order valence-electron chi connectivity index (χ3n) is 2.64. The van der Waals surface area contributed by atoms with E-state index >= 15 is 0 Å². The summed E-state index contributed by atoms with van der Waals surface area (Å²) in [7, 11) is 0. The van der Waals surface area contributed by atoms with Crippen LogP contribution in [0.25, 0.3) is 10.9 Å². The lowest BCUT2D eigenvalue weighted by Gasteiger charge is -2.07. The Morgan fingerprint density at radius 1 is 1.25 bits per heavy atom. The van der Waals surface area contributed by atoms with Gasteiger partial charge in [0, 0.05) is 11.6 Å². The summed E-state index contributed by atoms with van der Waals surface area (Å²) >= 11 is 1.30. The van der Waals surface area contributed by atoms with Gasteiger partial charge >= 0.3 is 0 Å². The van der Waals surface area contributed by atoms with E-state index in [4.69, 9.17) is 0 Å². The van der Waals surface area contributed by atoms with Crippen LogP contribution in [-0.4, -0.2) is 31.8 Å². The summed E-state index contributed by atoms with van der Waals surface area (Å²) in [6.45, 7) is 0. The Kier molecular flexibility index (Phi) is 3.60. The fraction of sp³-hybridized carbons (Fsp3) is 0.0769. The van der Waals surface area contributed by atoms with Gasteiger partial charge in [-0.05, 0) is 12.1 Å². The fourth-order valence-electron chi connectivity index (χ4n) is 1.79. The minimum atomic E-state index is -0.107. The number of carbonyl (C=O) groups excluding carboxylic acids is 1. The number of aromatic nitrogens is 4. The lowest BCUT2D eigenvalue weighted by Crippen LogP contribution is -2.14. The number of anilines is 1. The summed E-state index contributed by atoms with van der Waals surface area (Å²) in [4.78, 5) is 20.2. The van der Waals surface area contributed by atoms with E-state index in [1.807, 2.05) is 30.3 Å². The molecule has 0 aliphatic rings. The molecule has 20 heavy (non-hydrogen) atoms. The average Bonchev–Trinajstić information content (AvgIpc) is 2.99. The lowest BCUT2D eigenvalue weighted by molar-refractivity contribution is -0.113. The lowest BCUT2D eigenvalue weighted by atomic mass is 10.2. The third kappa shape index (κ3) is 2.77. The first-order valence-electron chi connectivity index (χ1n) is 5.95. The van der Waals surface area contributed by atoms with E-state index in [0.717, 1.165) is 10.9 Å². The van der Waals surface area contributed by atoms with Gasteiger partial charge in [0.05, 0.1) is 17.0 Å². The molecule has 0 saturated carbocycles. The molecule has 0 aliphatic heterocycles. The SMILES string of the molecule is O=C(CSc1ncn[nH]1)Nc1cccc2cccnc12. The van der Waals surface area contributed by atoms with Gasteiger partial charge in [0.25, 0.3) is 0 Å². The summed E-state index contributed by atoms with van der Waals surface area (Å²) in [6, 6.07) is 9.52. The molecule has 3 rings (SSSR count). The largest absolute Gasteiger partial charge is 0.323 e. The highest BCUT2D eigenvalue weighted by molar-refractivity contribution is 7.99. The summed E-state index contributed by atoms with van der Waals surface area (Å²) in [5.74, 6) is 0.155. The minimum absolute atomic E-state index is 0.107. The van der Waals surface area contributed by atoms with Gasteiger partial charge in [-0.1, -0.05) is 30.0 Å². The predicted molar refractivity (Wildman–Crippen MR) is 77.5 cm³/mol. The predicted octanol–water partition coefficient (Wildman–Crippen LogP) is 2.08. The minimum Gasteiger partial charge on any atom is -0.323 e. The molecule has 0 saturated heterocycles. The van der Waals surface area contributed by atoms with Crippen molar-refractivity contribution in [1.29, 1.82) is 0 Å². The van der Waals surface area contributed by atoms with E-state index in [1.165, 1.54) is 18.1 Å². The Morgan fingerprint density at radius 3 is 3.00 bits per heavy atom. The zero-order valence-electron chi connectivity index (χ0n) is 10.4. The Hall–Kier alpha value is -2.41. The van der Waals surface area contributed by atoms with Gasteiger partial charge in [-0.2, -0.15) is 5.10 Å². The molecule has 2 aromatic heterocycles. The maximum Gasteiger partial charge on any atom is 0.234 e. The van der Waals surface area contributed by atoms with Crippen molar-refractivity contribution >= 4 is 34.3 Å². The number of aromatic amines is 1. The number of H-pyrrole nitrogens is 1. The number of para-hydroxylation sites is 1. The van der Waals surface area contributed by atoms with Crippen LogP contribution in [0.5, 0.6) is 0 Å². The second-order valence-electron chi connectivity index (χ2n) is 4.01. The fourth-order valence-corrected chi connectivity index (χ4v) is 2.37. The van der Waals surface area contributed by atoms with E-state index in [9.17, 15) is 4.79 Å². The monoisotopic (exact) mass is 285 g/mol. The van der Waals surface area contributed by atoms with Crippen LogP contribution in [0.1, 0.15) is 0 Å². The molecule has 1 amide bonds. The van der Waals surface area contributed by atoms with Crippen LogP contribution in [0.4, 0.5) is 5.69 Å². The van der Waals surface area contributed by atoms with E-state index in [2.05, 4.69) is 25.5 Å². The molecule has 2 heterocycles. The highest BCUT2D eigenvalue weighted by atomic mass is 32.2. The van der Waals surface area contributed by atoms with E-state index in [1.54, 1.807) is 6.20 Å². The maximum atomic E-state index is 11.9. The summed E-state index contributed by atoms with van der Waals surface area (Å²) < 4.78 is 0. The molecule has 0 unspecified atom stereocenters. The molecule has 0 bridgehead atoms. The van der Waals surface area contributed by atoms with Crippen molar-refractivity contribution in [1.82, 2.24) is 20.2 Å². The third-order valence-corrected chi connectivity index (χ3v) is 3.52. The number of nitrogens with one attached hydrogen (secondary N) is 2. The first kappa shape index (κ1) is 12.6. The number of thioether (sulfide) groups is 1. The quantitative estimate of drug-likeness (QED) is 0.717. The number of amides is 1. The molecular weight excluding hydrogens is 274 g/mol. The number of pyridine rings is 1. The number of fused-ring (bicyclic) bond motifs is 1. The van der Waals surface area contributed by atoms with Crippen molar-refractivity contribution in [2.75, 3.05) is 11.1 Å². The molecule has 7 heteroatoms. The Bertz CT molecular complexity index is 723. The number of carbonyl (C=O) groups is 1. The highest BCUT2D eigenvalue weighted by Gasteiger charge is 2.08. The number of rotatable bonds is 4. The number of hydrogen-bond donors (Lipinski definition) is 2. The van der Waals surface area contributed by atoms with Crippen LogP contribution in [0.3, 0.4) is 0 Å². The van der Waals surface area contributed by atoms with Gasteiger partial charge in [-0.25, -0.2) is 4.98 Å². The average molecular weight is 285 g/mol. The number of benzene rings is 1. The molecule has 0 fully saturated rings. The zero-order chi connectivity index (χ0) is 13.8. The Balaban J connectivity index is 1.71. The van der Waals surface area contributed by atoms with Gasteiger partial charge in [-0.15, -0.1) is 0 Å². The molecule has 6 nitrogen and oxygen atoms in total. The van der Waals surface area contributed by atoms with E-state index in [-0.39, 0.29) is 11.7 Å². The van der Waals surface area contributed by atoms with Crippen LogP contribution < -0.4 is 5.32 Å². The topological polar surface area (TPSA) is 83.6 Å². The highest BCUT2D eigenvalue weighted by Crippen LogP contribution is 2.21. The van der Waals surface area contributed by atoms with Crippen LogP contribution in [-0.2, 0) is 4.79 Å². The molecule has 100 valence electrons. The zero-order valence-corrected chi connectivity index (χ0v) is 11.2. The van der Waals surface area contributed by atoms with Gasteiger partial charge in [-0.3, -0.25) is 14.9 Å². The van der Waals surface area contributed by atoms with E-state index in [0.29, 0.717) is 10.8 Å².